The maximum absolute atomic E-state index is 11.3. The van der Waals surface area contributed by atoms with Crippen LogP contribution < -0.4 is 5.32 Å². The lowest BCUT2D eigenvalue weighted by molar-refractivity contribution is -0.119. The van der Waals surface area contributed by atoms with Crippen molar-refractivity contribution in [2.45, 2.75) is 38.6 Å². The Balaban J connectivity index is 2.17. The Morgan fingerprint density at radius 3 is 2.81 bits per heavy atom. The van der Waals surface area contributed by atoms with Crippen molar-refractivity contribution in [3.05, 3.63) is 34.3 Å². The largest absolute Gasteiger partial charge is 0.351 e. The number of carbonyl (C=O) groups is 1. The minimum Gasteiger partial charge on any atom is -0.351 e. The first-order valence-corrected chi connectivity index (χ1v) is 5.92. The molecule has 0 bridgehead atoms. The standard InChI is InChI=1S/C13H16ClNO/c1-9-7-11(14)4-3-10(9)8-13(2)6-5-12(16)15-13/h3-4,7H,5-6,8H2,1-2H3,(H,15,16). The highest BCUT2D eigenvalue weighted by Gasteiger charge is 2.33. The van der Waals surface area contributed by atoms with Crippen LogP contribution in [0.15, 0.2) is 18.2 Å². The number of hydrogen-bond acceptors (Lipinski definition) is 1. The number of carbonyl (C=O) groups excluding carboxylic acids is 1. The zero-order chi connectivity index (χ0) is 11.8. The average Bonchev–Trinajstić information content (AvgIpc) is 2.52. The van der Waals surface area contributed by atoms with Crippen molar-refractivity contribution < 1.29 is 4.79 Å². The average molecular weight is 238 g/mol. The highest BCUT2D eigenvalue weighted by atomic mass is 35.5. The third-order valence-electron chi connectivity index (χ3n) is 3.23. The maximum Gasteiger partial charge on any atom is 0.220 e. The molecule has 0 saturated carbocycles. The van der Waals surface area contributed by atoms with Crippen molar-refractivity contribution in [2.24, 2.45) is 0 Å². The Hall–Kier alpha value is -1.02. The minimum atomic E-state index is -0.0876. The molecule has 16 heavy (non-hydrogen) atoms. The van der Waals surface area contributed by atoms with Crippen LogP contribution in [0.25, 0.3) is 0 Å². The van der Waals surface area contributed by atoms with Gasteiger partial charge in [-0.15, -0.1) is 0 Å². The molecule has 1 unspecified atom stereocenters. The normalized spacial score (nSPS) is 24.6. The van der Waals surface area contributed by atoms with Crippen molar-refractivity contribution in [2.75, 3.05) is 0 Å². The molecule has 1 aliphatic heterocycles. The van der Waals surface area contributed by atoms with Crippen LogP contribution >= 0.6 is 11.6 Å². The monoisotopic (exact) mass is 237 g/mol. The summed E-state index contributed by atoms with van der Waals surface area (Å²) in [6.07, 6.45) is 2.43. The summed E-state index contributed by atoms with van der Waals surface area (Å²) in [5.74, 6) is 0.161. The van der Waals surface area contributed by atoms with Gasteiger partial charge in [0, 0.05) is 17.0 Å². The fourth-order valence-corrected chi connectivity index (χ4v) is 2.49. The van der Waals surface area contributed by atoms with E-state index < -0.39 is 0 Å². The molecular weight excluding hydrogens is 222 g/mol. The fraction of sp³-hybridized carbons (Fsp3) is 0.462. The summed E-state index contributed by atoms with van der Waals surface area (Å²) in [5, 5.41) is 3.81. The molecule has 1 aromatic carbocycles. The number of rotatable bonds is 2. The quantitative estimate of drug-likeness (QED) is 0.842. The molecular formula is C13H16ClNO. The Kier molecular flexibility index (Phi) is 2.94. The van der Waals surface area contributed by atoms with E-state index in [2.05, 4.69) is 19.2 Å². The van der Waals surface area contributed by atoms with Gasteiger partial charge < -0.3 is 5.32 Å². The summed E-state index contributed by atoms with van der Waals surface area (Å²) in [6, 6.07) is 5.93. The van der Waals surface area contributed by atoms with Crippen LogP contribution in [0.5, 0.6) is 0 Å². The van der Waals surface area contributed by atoms with Gasteiger partial charge in [-0.05, 0) is 49.9 Å². The van der Waals surface area contributed by atoms with E-state index >= 15 is 0 Å². The van der Waals surface area contributed by atoms with Gasteiger partial charge in [-0.2, -0.15) is 0 Å². The zero-order valence-corrected chi connectivity index (χ0v) is 10.4. The molecule has 86 valence electrons. The van der Waals surface area contributed by atoms with Gasteiger partial charge in [0.2, 0.25) is 5.91 Å². The van der Waals surface area contributed by atoms with Crippen LogP contribution in [0.3, 0.4) is 0 Å². The van der Waals surface area contributed by atoms with Crippen LogP contribution in [0.2, 0.25) is 5.02 Å². The van der Waals surface area contributed by atoms with Gasteiger partial charge >= 0.3 is 0 Å². The topological polar surface area (TPSA) is 29.1 Å². The predicted octanol–water partition coefficient (Wildman–Crippen LogP) is 2.86. The number of amides is 1. The highest BCUT2D eigenvalue weighted by molar-refractivity contribution is 6.30. The molecule has 1 aliphatic rings. The molecule has 2 nitrogen and oxygen atoms in total. The summed E-state index contributed by atoms with van der Waals surface area (Å²) >= 11 is 5.92. The predicted molar refractivity (Wildman–Crippen MR) is 65.7 cm³/mol. The second-order valence-electron chi connectivity index (χ2n) is 4.86. The van der Waals surface area contributed by atoms with Crippen molar-refractivity contribution in [1.29, 1.82) is 0 Å². The van der Waals surface area contributed by atoms with E-state index in [0.717, 1.165) is 17.9 Å². The number of benzene rings is 1. The summed E-state index contributed by atoms with van der Waals surface area (Å²) in [7, 11) is 0. The van der Waals surface area contributed by atoms with Crippen LogP contribution in [-0.2, 0) is 11.2 Å². The van der Waals surface area contributed by atoms with E-state index in [1.807, 2.05) is 18.2 Å². The Bertz CT molecular complexity index is 430. The summed E-state index contributed by atoms with van der Waals surface area (Å²) in [4.78, 5) is 11.3. The van der Waals surface area contributed by atoms with Gasteiger partial charge in [-0.1, -0.05) is 17.7 Å². The van der Waals surface area contributed by atoms with Gasteiger partial charge in [-0.25, -0.2) is 0 Å². The third-order valence-corrected chi connectivity index (χ3v) is 3.47. The van der Waals surface area contributed by atoms with E-state index in [1.165, 1.54) is 11.1 Å². The van der Waals surface area contributed by atoms with E-state index in [0.29, 0.717) is 6.42 Å². The minimum absolute atomic E-state index is 0.0876. The molecule has 0 radical (unpaired) electrons. The first-order valence-electron chi connectivity index (χ1n) is 5.55. The van der Waals surface area contributed by atoms with Crippen molar-refractivity contribution >= 4 is 17.5 Å². The summed E-state index contributed by atoms with van der Waals surface area (Å²) in [5.41, 5.74) is 2.36. The molecule has 1 saturated heterocycles. The summed E-state index contributed by atoms with van der Waals surface area (Å²) < 4.78 is 0. The van der Waals surface area contributed by atoms with Gasteiger partial charge in [-0.3, -0.25) is 4.79 Å². The second-order valence-corrected chi connectivity index (χ2v) is 5.29. The van der Waals surface area contributed by atoms with E-state index in [9.17, 15) is 4.79 Å². The molecule has 1 heterocycles. The molecule has 1 aromatic rings. The first-order chi connectivity index (χ1) is 7.48. The maximum atomic E-state index is 11.3. The third kappa shape index (κ3) is 2.38. The smallest absolute Gasteiger partial charge is 0.220 e. The van der Waals surface area contributed by atoms with Crippen LogP contribution in [0.1, 0.15) is 30.9 Å². The first kappa shape index (κ1) is 11.5. The van der Waals surface area contributed by atoms with E-state index in [-0.39, 0.29) is 11.4 Å². The number of nitrogens with one attached hydrogen (secondary N) is 1. The van der Waals surface area contributed by atoms with E-state index in [1.54, 1.807) is 0 Å². The Morgan fingerprint density at radius 1 is 1.50 bits per heavy atom. The zero-order valence-electron chi connectivity index (χ0n) is 9.64. The van der Waals surface area contributed by atoms with Crippen LogP contribution in [-0.4, -0.2) is 11.4 Å². The Morgan fingerprint density at radius 2 is 2.25 bits per heavy atom. The fourth-order valence-electron chi connectivity index (χ4n) is 2.26. The molecule has 3 heteroatoms. The molecule has 0 aromatic heterocycles. The molecule has 1 amide bonds. The number of aryl methyl sites for hydroxylation is 1. The lowest BCUT2D eigenvalue weighted by atomic mass is 9.89. The van der Waals surface area contributed by atoms with Crippen molar-refractivity contribution in [3.63, 3.8) is 0 Å². The van der Waals surface area contributed by atoms with Crippen LogP contribution in [0.4, 0.5) is 0 Å². The molecule has 1 N–H and O–H groups in total. The van der Waals surface area contributed by atoms with Crippen molar-refractivity contribution in [1.82, 2.24) is 5.32 Å². The second kappa shape index (κ2) is 4.10. The van der Waals surface area contributed by atoms with Gasteiger partial charge in [0.15, 0.2) is 0 Å². The molecule has 0 aliphatic carbocycles. The lowest BCUT2D eigenvalue weighted by Gasteiger charge is -2.24. The SMILES string of the molecule is Cc1cc(Cl)ccc1CC1(C)CCC(=O)N1. The van der Waals surface area contributed by atoms with E-state index in [4.69, 9.17) is 11.6 Å². The molecule has 2 rings (SSSR count). The van der Waals surface area contributed by atoms with Gasteiger partial charge in [0.1, 0.15) is 0 Å². The molecule has 1 atom stereocenters. The van der Waals surface area contributed by atoms with Gasteiger partial charge in [0.25, 0.3) is 0 Å². The van der Waals surface area contributed by atoms with Crippen molar-refractivity contribution in [3.8, 4) is 0 Å². The molecule has 1 fully saturated rings. The van der Waals surface area contributed by atoms with Crippen LogP contribution in [0, 0.1) is 6.92 Å². The number of halogens is 1. The van der Waals surface area contributed by atoms with Gasteiger partial charge in [0.05, 0.1) is 0 Å². The highest BCUT2D eigenvalue weighted by Crippen LogP contribution is 2.26. The summed E-state index contributed by atoms with van der Waals surface area (Å²) in [6.45, 7) is 4.16. The molecule has 0 spiro atoms. The number of hydrogen-bond donors (Lipinski definition) is 1. The lowest BCUT2D eigenvalue weighted by Crippen LogP contribution is -2.40. The Labute approximate surface area is 101 Å².